The molecular formula is C25H30N4O2S. The van der Waals surface area contributed by atoms with Crippen molar-refractivity contribution in [3.63, 3.8) is 0 Å². The minimum absolute atomic E-state index is 0.564. The van der Waals surface area contributed by atoms with Crippen LogP contribution in [0.25, 0.3) is 17.5 Å². The van der Waals surface area contributed by atoms with Gasteiger partial charge in [-0.2, -0.15) is 0 Å². The van der Waals surface area contributed by atoms with E-state index < -0.39 is 0 Å². The molecule has 2 aromatic carbocycles. The van der Waals surface area contributed by atoms with Gasteiger partial charge in [0.25, 0.3) is 0 Å². The molecule has 4 rings (SSSR count). The number of thioether (sulfide) groups is 1. The van der Waals surface area contributed by atoms with E-state index in [1.54, 1.807) is 11.8 Å². The summed E-state index contributed by atoms with van der Waals surface area (Å²) in [7, 11) is 2.18. The Kier molecular flexibility index (Phi) is 8.36. The van der Waals surface area contributed by atoms with Crippen molar-refractivity contribution in [2.24, 2.45) is 0 Å². The lowest BCUT2D eigenvalue weighted by molar-refractivity contribution is 0.167. The Balaban J connectivity index is 1.19. The summed E-state index contributed by atoms with van der Waals surface area (Å²) in [4.78, 5) is 4.86. The first-order valence-electron chi connectivity index (χ1n) is 11.0. The molecule has 0 bridgehead atoms. The number of aromatic nitrogens is 2. The number of benzene rings is 2. The predicted octanol–water partition coefficient (Wildman–Crippen LogP) is 4.31. The van der Waals surface area contributed by atoms with Gasteiger partial charge in [0, 0.05) is 44.0 Å². The maximum atomic E-state index is 5.83. The van der Waals surface area contributed by atoms with Crippen LogP contribution in [0, 0.1) is 0 Å². The van der Waals surface area contributed by atoms with E-state index in [0.29, 0.717) is 24.1 Å². The average Bonchev–Trinajstić information content (AvgIpc) is 3.30. The molecule has 1 saturated heterocycles. The van der Waals surface area contributed by atoms with Crippen molar-refractivity contribution < 1.29 is 9.15 Å². The van der Waals surface area contributed by atoms with Crippen LogP contribution in [0.1, 0.15) is 11.5 Å². The Labute approximate surface area is 194 Å². The van der Waals surface area contributed by atoms with Crippen molar-refractivity contribution in [2.75, 3.05) is 52.1 Å². The quantitative estimate of drug-likeness (QED) is 0.427. The molecule has 0 radical (unpaired) electrons. The average molecular weight is 451 g/mol. The van der Waals surface area contributed by atoms with Crippen LogP contribution in [0.5, 0.6) is 5.75 Å². The van der Waals surface area contributed by atoms with E-state index in [-0.39, 0.29) is 0 Å². The zero-order valence-corrected chi connectivity index (χ0v) is 19.3. The third-order valence-corrected chi connectivity index (χ3v) is 6.27. The summed E-state index contributed by atoms with van der Waals surface area (Å²) < 4.78 is 11.5. The van der Waals surface area contributed by atoms with Gasteiger partial charge in [0.05, 0.1) is 12.4 Å². The molecule has 1 aliphatic heterocycles. The van der Waals surface area contributed by atoms with Crippen molar-refractivity contribution in [1.82, 2.24) is 20.0 Å². The first kappa shape index (κ1) is 22.6. The smallest absolute Gasteiger partial charge is 0.247 e. The van der Waals surface area contributed by atoms with Gasteiger partial charge in [0.2, 0.25) is 11.8 Å². The van der Waals surface area contributed by atoms with Crippen molar-refractivity contribution >= 4 is 17.8 Å². The summed E-state index contributed by atoms with van der Waals surface area (Å²) in [5.41, 5.74) is 2.12. The largest absolute Gasteiger partial charge is 0.493 e. The van der Waals surface area contributed by atoms with Crippen LogP contribution >= 0.6 is 11.8 Å². The van der Waals surface area contributed by atoms with Gasteiger partial charge in [-0.1, -0.05) is 42.5 Å². The van der Waals surface area contributed by atoms with Gasteiger partial charge in [-0.15, -0.1) is 22.0 Å². The van der Waals surface area contributed by atoms with E-state index in [1.165, 1.54) is 5.56 Å². The van der Waals surface area contributed by atoms with Crippen molar-refractivity contribution in [3.8, 4) is 17.2 Å². The lowest BCUT2D eigenvalue weighted by Gasteiger charge is -2.31. The van der Waals surface area contributed by atoms with Gasteiger partial charge in [0.1, 0.15) is 5.75 Å². The van der Waals surface area contributed by atoms with E-state index in [1.807, 2.05) is 42.5 Å². The maximum absolute atomic E-state index is 5.83. The van der Waals surface area contributed by atoms with Crippen molar-refractivity contribution in [1.29, 1.82) is 0 Å². The standard InChI is InChI=1S/C25H30N4O2S/c1-28-14-16-29(17-15-28)13-5-6-21-9-11-22(12-10-21)25-27-26-24(31-25)20-32-19-18-30-23-7-3-2-4-8-23/h2-12H,13-20H2,1H3. The van der Waals surface area contributed by atoms with Crippen molar-refractivity contribution in [3.05, 3.63) is 72.1 Å². The van der Waals surface area contributed by atoms with Gasteiger partial charge in [0.15, 0.2) is 0 Å². The minimum atomic E-state index is 0.564. The number of rotatable bonds is 10. The highest BCUT2D eigenvalue weighted by molar-refractivity contribution is 7.98. The summed E-state index contributed by atoms with van der Waals surface area (Å²) in [5, 5.41) is 8.38. The van der Waals surface area contributed by atoms with Crippen LogP contribution < -0.4 is 4.74 Å². The molecule has 1 aliphatic rings. The van der Waals surface area contributed by atoms with Crippen LogP contribution in [0.15, 0.2) is 65.1 Å². The number of likely N-dealkylation sites (N-methyl/N-ethyl adjacent to an activating group) is 1. The van der Waals surface area contributed by atoms with E-state index >= 15 is 0 Å². The summed E-state index contributed by atoms with van der Waals surface area (Å²) in [5.74, 6) is 3.64. The fraction of sp³-hybridized carbons (Fsp3) is 0.360. The molecule has 3 aromatic rings. The molecule has 1 fully saturated rings. The van der Waals surface area contributed by atoms with Crippen LogP contribution in [-0.4, -0.2) is 72.1 Å². The Bertz CT molecular complexity index is 967. The molecule has 168 valence electrons. The molecule has 0 aliphatic carbocycles. The fourth-order valence-corrected chi connectivity index (χ4v) is 4.07. The highest BCUT2D eigenvalue weighted by Crippen LogP contribution is 2.21. The summed E-state index contributed by atoms with van der Waals surface area (Å²) in [6.45, 7) is 6.22. The number of piperazine rings is 1. The lowest BCUT2D eigenvalue weighted by Crippen LogP contribution is -2.44. The molecule has 32 heavy (non-hydrogen) atoms. The molecule has 0 spiro atoms. The maximum Gasteiger partial charge on any atom is 0.247 e. The van der Waals surface area contributed by atoms with Gasteiger partial charge < -0.3 is 14.1 Å². The fourth-order valence-electron chi connectivity index (χ4n) is 3.43. The van der Waals surface area contributed by atoms with Crippen LogP contribution in [-0.2, 0) is 5.75 Å². The molecule has 6 nitrogen and oxygen atoms in total. The third kappa shape index (κ3) is 6.95. The first-order valence-corrected chi connectivity index (χ1v) is 12.2. The number of para-hydroxylation sites is 1. The second-order valence-electron chi connectivity index (χ2n) is 7.84. The zero-order valence-electron chi connectivity index (χ0n) is 18.5. The van der Waals surface area contributed by atoms with Crippen molar-refractivity contribution in [2.45, 2.75) is 5.75 Å². The second-order valence-corrected chi connectivity index (χ2v) is 8.95. The predicted molar refractivity (Wildman–Crippen MR) is 131 cm³/mol. The Morgan fingerprint density at radius 2 is 1.78 bits per heavy atom. The number of ether oxygens (including phenoxy) is 1. The summed E-state index contributed by atoms with van der Waals surface area (Å²) in [6.07, 6.45) is 4.42. The van der Waals surface area contributed by atoms with E-state index in [0.717, 1.165) is 49.8 Å². The minimum Gasteiger partial charge on any atom is -0.493 e. The highest BCUT2D eigenvalue weighted by Gasteiger charge is 2.12. The topological polar surface area (TPSA) is 54.6 Å². The van der Waals surface area contributed by atoms with E-state index in [9.17, 15) is 0 Å². The van der Waals surface area contributed by atoms with Crippen LogP contribution in [0.2, 0.25) is 0 Å². The molecule has 0 amide bonds. The first-order chi connectivity index (χ1) is 15.8. The number of hydrogen-bond donors (Lipinski definition) is 0. The van der Waals surface area contributed by atoms with Gasteiger partial charge in [-0.3, -0.25) is 4.90 Å². The molecule has 0 saturated carbocycles. The van der Waals surface area contributed by atoms with Crippen LogP contribution in [0.3, 0.4) is 0 Å². The van der Waals surface area contributed by atoms with E-state index in [4.69, 9.17) is 9.15 Å². The van der Waals surface area contributed by atoms with Gasteiger partial charge in [-0.05, 0) is 36.9 Å². The summed E-state index contributed by atoms with van der Waals surface area (Å²) >= 11 is 1.72. The highest BCUT2D eigenvalue weighted by atomic mass is 32.2. The molecular weight excluding hydrogens is 420 g/mol. The lowest BCUT2D eigenvalue weighted by atomic mass is 10.1. The zero-order chi connectivity index (χ0) is 22.0. The molecule has 7 heteroatoms. The normalized spacial score (nSPS) is 15.4. The monoisotopic (exact) mass is 450 g/mol. The molecule has 0 atom stereocenters. The third-order valence-electron chi connectivity index (χ3n) is 5.36. The van der Waals surface area contributed by atoms with Gasteiger partial charge in [-0.25, -0.2) is 0 Å². The second kappa shape index (κ2) is 11.9. The number of hydrogen-bond acceptors (Lipinski definition) is 7. The molecule has 2 heterocycles. The summed E-state index contributed by atoms with van der Waals surface area (Å²) in [6, 6.07) is 18.1. The Morgan fingerprint density at radius 3 is 2.56 bits per heavy atom. The van der Waals surface area contributed by atoms with E-state index in [2.05, 4.69) is 51.3 Å². The number of nitrogens with zero attached hydrogens (tertiary/aromatic N) is 4. The molecule has 0 unspecified atom stereocenters. The molecule has 1 aromatic heterocycles. The molecule has 0 N–H and O–H groups in total. The van der Waals surface area contributed by atoms with Crippen LogP contribution in [0.4, 0.5) is 0 Å². The Hall–Kier alpha value is -2.61. The SMILES string of the molecule is CN1CCN(CC=Cc2ccc(-c3nnc(CSCCOc4ccccc4)o3)cc2)CC1. The Morgan fingerprint density at radius 1 is 1.00 bits per heavy atom. The van der Waals surface area contributed by atoms with Gasteiger partial charge >= 0.3 is 0 Å².